The van der Waals surface area contributed by atoms with Crippen molar-refractivity contribution in [2.45, 2.75) is 25.3 Å². The summed E-state index contributed by atoms with van der Waals surface area (Å²) in [5.41, 5.74) is 3.02. The van der Waals surface area contributed by atoms with E-state index in [0.29, 0.717) is 12.5 Å². The van der Waals surface area contributed by atoms with Crippen molar-refractivity contribution in [1.82, 2.24) is 29.5 Å². The molecule has 0 amide bonds. The van der Waals surface area contributed by atoms with Gasteiger partial charge in [-0.3, -0.25) is 4.68 Å². The molecule has 0 bridgehead atoms. The van der Waals surface area contributed by atoms with Gasteiger partial charge in [0.05, 0.1) is 30.4 Å². The standard InChI is InChI=1S/C21H23N7O/c29-13-12-27-19(6-9-24-27)16-7-10-26(11-8-16)20-18-14-25-28(21(18)23-15-22-20)17-4-2-1-3-5-17/h1-6,9,14-16,29H,7-8,10-13H2. The fourth-order valence-corrected chi connectivity index (χ4v) is 4.20. The van der Waals surface area contributed by atoms with E-state index in [1.807, 2.05) is 52.1 Å². The number of fused-ring (bicyclic) bond motifs is 1. The van der Waals surface area contributed by atoms with Crippen LogP contribution in [-0.2, 0) is 6.54 Å². The number of aromatic nitrogens is 6. The summed E-state index contributed by atoms with van der Waals surface area (Å²) in [6.45, 7) is 2.49. The number of benzene rings is 1. The number of piperidine rings is 1. The summed E-state index contributed by atoms with van der Waals surface area (Å²) in [5.74, 6) is 1.39. The summed E-state index contributed by atoms with van der Waals surface area (Å²) in [5, 5.41) is 19.1. The van der Waals surface area contributed by atoms with Crippen LogP contribution in [0.5, 0.6) is 0 Å². The van der Waals surface area contributed by atoms with Crippen LogP contribution >= 0.6 is 0 Å². The number of anilines is 1. The van der Waals surface area contributed by atoms with E-state index in [0.717, 1.165) is 48.5 Å². The number of para-hydroxylation sites is 1. The third-order valence-corrected chi connectivity index (χ3v) is 5.62. The van der Waals surface area contributed by atoms with Gasteiger partial charge in [-0.05, 0) is 31.0 Å². The van der Waals surface area contributed by atoms with Gasteiger partial charge in [0.15, 0.2) is 5.65 Å². The Balaban J connectivity index is 1.39. The summed E-state index contributed by atoms with van der Waals surface area (Å²) in [7, 11) is 0. The molecular weight excluding hydrogens is 366 g/mol. The molecule has 1 aliphatic rings. The van der Waals surface area contributed by atoms with Gasteiger partial charge in [0.2, 0.25) is 0 Å². The SMILES string of the molecule is OCCn1nccc1C1CCN(c2ncnc3c2cnn3-c2ccccc2)CC1. The molecule has 148 valence electrons. The van der Waals surface area contributed by atoms with Gasteiger partial charge in [0.1, 0.15) is 12.1 Å². The zero-order valence-electron chi connectivity index (χ0n) is 16.1. The molecule has 0 radical (unpaired) electrons. The van der Waals surface area contributed by atoms with Crippen molar-refractivity contribution in [1.29, 1.82) is 0 Å². The van der Waals surface area contributed by atoms with E-state index in [1.54, 1.807) is 6.33 Å². The number of rotatable bonds is 5. The van der Waals surface area contributed by atoms with Crippen LogP contribution in [0.15, 0.2) is 55.1 Å². The van der Waals surface area contributed by atoms with Crippen LogP contribution in [-0.4, -0.2) is 54.3 Å². The molecule has 4 aromatic rings. The maximum absolute atomic E-state index is 9.25. The zero-order chi connectivity index (χ0) is 19.6. The van der Waals surface area contributed by atoms with Crippen molar-refractivity contribution in [3.8, 4) is 5.69 Å². The molecule has 0 aliphatic carbocycles. The van der Waals surface area contributed by atoms with Crippen molar-refractivity contribution >= 4 is 16.9 Å². The average molecular weight is 389 g/mol. The van der Waals surface area contributed by atoms with Crippen molar-refractivity contribution in [3.63, 3.8) is 0 Å². The van der Waals surface area contributed by atoms with Crippen LogP contribution in [0, 0.1) is 0 Å². The molecule has 1 N–H and O–H groups in total. The Kier molecular flexibility index (Phi) is 4.69. The van der Waals surface area contributed by atoms with Gasteiger partial charge in [0, 0.05) is 30.9 Å². The zero-order valence-corrected chi connectivity index (χ0v) is 16.1. The van der Waals surface area contributed by atoms with Gasteiger partial charge in [-0.1, -0.05) is 18.2 Å². The molecule has 8 heteroatoms. The van der Waals surface area contributed by atoms with E-state index in [-0.39, 0.29) is 6.61 Å². The first-order valence-corrected chi connectivity index (χ1v) is 9.97. The molecule has 1 fully saturated rings. The van der Waals surface area contributed by atoms with Gasteiger partial charge in [-0.2, -0.15) is 10.2 Å². The average Bonchev–Trinajstić information content (AvgIpc) is 3.42. The second kappa shape index (κ2) is 7.63. The molecule has 5 rings (SSSR count). The molecule has 0 spiro atoms. The van der Waals surface area contributed by atoms with Crippen LogP contribution in [0.2, 0.25) is 0 Å². The van der Waals surface area contributed by atoms with E-state index in [9.17, 15) is 5.11 Å². The number of hydrogen-bond acceptors (Lipinski definition) is 6. The molecule has 0 unspecified atom stereocenters. The first-order valence-electron chi connectivity index (χ1n) is 9.97. The Labute approximate surface area is 168 Å². The smallest absolute Gasteiger partial charge is 0.168 e. The quantitative estimate of drug-likeness (QED) is 0.564. The Morgan fingerprint density at radius 2 is 1.83 bits per heavy atom. The number of hydrogen-bond donors (Lipinski definition) is 1. The first-order chi connectivity index (χ1) is 14.3. The Morgan fingerprint density at radius 1 is 1.00 bits per heavy atom. The van der Waals surface area contributed by atoms with Crippen LogP contribution in [0.25, 0.3) is 16.7 Å². The Hall–Kier alpha value is -3.26. The highest BCUT2D eigenvalue weighted by Gasteiger charge is 2.25. The monoisotopic (exact) mass is 389 g/mol. The lowest BCUT2D eigenvalue weighted by Crippen LogP contribution is -2.34. The van der Waals surface area contributed by atoms with Crippen molar-refractivity contribution < 1.29 is 5.11 Å². The number of aliphatic hydroxyl groups is 1. The summed E-state index contributed by atoms with van der Waals surface area (Å²) < 4.78 is 3.79. The highest BCUT2D eigenvalue weighted by Crippen LogP contribution is 2.32. The van der Waals surface area contributed by atoms with Crippen molar-refractivity contribution in [3.05, 3.63) is 60.8 Å². The minimum Gasteiger partial charge on any atom is -0.394 e. The topological polar surface area (TPSA) is 84.9 Å². The van der Waals surface area contributed by atoms with Crippen molar-refractivity contribution in [2.24, 2.45) is 0 Å². The number of aliphatic hydroxyl groups excluding tert-OH is 1. The summed E-state index contributed by atoms with van der Waals surface area (Å²) >= 11 is 0. The highest BCUT2D eigenvalue weighted by atomic mass is 16.3. The van der Waals surface area contributed by atoms with Crippen LogP contribution in [0.4, 0.5) is 5.82 Å². The van der Waals surface area contributed by atoms with E-state index < -0.39 is 0 Å². The largest absolute Gasteiger partial charge is 0.394 e. The Morgan fingerprint density at radius 3 is 2.62 bits per heavy atom. The van der Waals surface area contributed by atoms with Crippen molar-refractivity contribution in [2.75, 3.05) is 24.6 Å². The second-order valence-corrected chi connectivity index (χ2v) is 7.29. The maximum Gasteiger partial charge on any atom is 0.168 e. The minimum absolute atomic E-state index is 0.109. The molecule has 3 aromatic heterocycles. The van der Waals surface area contributed by atoms with Gasteiger partial charge in [-0.15, -0.1) is 0 Å². The molecule has 0 saturated carbocycles. The predicted molar refractivity (Wildman–Crippen MR) is 110 cm³/mol. The summed E-state index contributed by atoms with van der Waals surface area (Å²) in [6.07, 6.45) is 7.36. The molecule has 4 heterocycles. The number of nitrogens with zero attached hydrogens (tertiary/aromatic N) is 7. The van der Waals surface area contributed by atoms with Gasteiger partial charge in [-0.25, -0.2) is 14.6 Å². The minimum atomic E-state index is 0.109. The van der Waals surface area contributed by atoms with E-state index in [1.165, 1.54) is 5.69 Å². The molecule has 1 aliphatic heterocycles. The van der Waals surface area contributed by atoms with E-state index in [2.05, 4.69) is 31.1 Å². The van der Waals surface area contributed by atoms with Gasteiger partial charge in [0.25, 0.3) is 0 Å². The Bertz CT molecular complexity index is 1100. The fraction of sp³-hybridized carbons (Fsp3) is 0.333. The summed E-state index contributed by atoms with van der Waals surface area (Å²) in [4.78, 5) is 11.4. The van der Waals surface area contributed by atoms with E-state index in [4.69, 9.17) is 0 Å². The lowest BCUT2D eigenvalue weighted by molar-refractivity contribution is 0.265. The summed E-state index contributed by atoms with van der Waals surface area (Å²) in [6, 6.07) is 12.1. The molecular formula is C21H23N7O. The lowest BCUT2D eigenvalue weighted by Gasteiger charge is -2.33. The predicted octanol–water partition coefficient (Wildman–Crippen LogP) is 2.39. The van der Waals surface area contributed by atoms with Gasteiger partial charge >= 0.3 is 0 Å². The second-order valence-electron chi connectivity index (χ2n) is 7.29. The first kappa shape index (κ1) is 17.8. The highest BCUT2D eigenvalue weighted by molar-refractivity contribution is 5.87. The molecule has 0 atom stereocenters. The van der Waals surface area contributed by atoms with Crippen LogP contribution in [0.3, 0.4) is 0 Å². The molecule has 1 aromatic carbocycles. The normalized spacial score (nSPS) is 15.3. The molecule has 1 saturated heterocycles. The van der Waals surface area contributed by atoms with Crippen LogP contribution in [0.1, 0.15) is 24.5 Å². The third kappa shape index (κ3) is 3.25. The molecule has 8 nitrogen and oxygen atoms in total. The van der Waals surface area contributed by atoms with E-state index >= 15 is 0 Å². The maximum atomic E-state index is 9.25. The van der Waals surface area contributed by atoms with Crippen LogP contribution < -0.4 is 4.90 Å². The fourth-order valence-electron chi connectivity index (χ4n) is 4.20. The van der Waals surface area contributed by atoms with Gasteiger partial charge < -0.3 is 10.0 Å². The third-order valence-electron chi connectivity index (χ3n) is 5.62. The lowest BCUT2D eigenvalue weighted by atomic mass is 9.93. The molecule has 29 heavy (non-hydrogen) atoms.